The minimum atomic E-state index is 0.471. The number of hydrogen-bond donors (Lipinski definition) is 1. The van der Waals surface area contributed by atoms with Crippen molar-refractivity contribution in [3.8, 4) is 0 Å². The van der Waals surface area contributed by atoms with E-state index in [0.717, 1.165) is 37.8 Å². The Balaban J connectivity index is 1.62. The van der Waals surface area contributed by atoms with Crippen molar-refractivity contribution >= 4 is 5.95 Å². The fourth-order valence-corrected chi connectivity index (χ4v) is 3.07. The summed E-state index contributed by atoms with van der Waals surface area (Å²) in [6.45, 7) is 2.15. The Bertz CT molecular complexity index is 378. The number of hydrogen-bond acceptors (Lipinski definition) is 5. The van der Waals surface area contributed by atoms with E-state index in [1.165, 1.54) is 25.7 Å². The maximum absolute atomic E-state index is 5.46. The molecule has 0 radical (unpaired) electrons. The molecule has 0 spiro atoms. The molecule has 0 aromatic carbocycles. The largest absolute Gasteiger partial charge is 0.338 e. The van der Waals surface area contributed by atoms with E-state index in [2.05, 4.69) is 20.4 Å². The summed E-state index contributed by atoms with van der Waals surface area (Å²) in [6, 6.07) is 0.669. The van der Waals surface area contributed by atoms with E-state index in [0.29, 0.717) is 12.0 Å². The molecular formula is C13H22N4O. The molecule has 5 nitrogen and oxygen atoms in total. The van der Waals surface area contributed by atoms with Gasteiger partial charge >= 0.3 is 0 Å². The number of nitrogens with one attached hydrogen (secondary N) is 1. The second-order valence-electron chi connectivity index (χ2n) is 5.46. The van der Waals surface area contributed by atoms with Crippen LogP contribution in [0.1, 0.15) is 50.3 Å². The van der Waals surface area contributed by atoms with E-state index >= 15 is 0 Å². The molecule has 1 aromatic heterocycles. The summed E-state index contributed by atoms with van der Waals surface area (Å²) in [5.41, 5.74) is 0. The predicted octanol–water partition coefficient (Wildman–Crippen LogP) is 1.92. The maximum atomic E-state index is 5.46. The average molecular weight is 250 g/mol. The quantitative estimate of drug-likeness (QED) is 0.888. The van der Waals surface area contributed by atoms with Crippen molar-refractivity contribution in [2.24, 2.45) is 0 Å². The lowest BCUT2D eigenvalue weighted by Gasteiger charge is -2.25. The van der Waals surface area contributed by atoms with Crippen LogP contribution in [0.5, 0.6) is 0 Å². The van der Waals surface area contributed by atoms with Gasteiger partial charge in [-0.1, -0.05) is 0 Å². The molecular weight excluding hydrogens is 228 g/mol. The molecule has 1 aliphatic heterocycles. The molecule has 18 heavy (non-hydrogen) atoms. The first-order valence-electron chi connectivity index (χ1n) is 7.12. The van der Waals surface area contributed by atoms with Crippen molar-refractivity contribution in [3.63, 3.8) is 0 Å². The molecule has 1 saturated heterocycles. The van der Waals surface area contributed by atoms with Crippen molar-refractivity contribution in [2.45, 2.75) is 50.5 Å². The summed E-state index contributed by atoms with van der Waals surface area (Å²) in [5.74, 6) is 2.13. The summed E-state index contributed by atoms with van der Waals surface area (Å²) in [6.07, 6.45) is 7.24. The second kappa shape index (κ2) is 5.26. The van der Waals surface area contributed by atoms with Gasteiger partial charge < -0.3 is 14.7 Å². The minimum absolute atomic E-state index is 0.471. The molecule has 1 saturated carbocycles. The third-order valence-electron chi connectivity index (χ3n) is 4.30. The molecule has 2 heterocycles. The minimum Gasteiger partial charge on any atom is -0.338 e. The van der Waals surface area contributed by atoms with Crippen LogP contribution in [0.15, 0.2) is 4.52 Å². The first-order chi connectivity index (χ1) is 8.86. The Morgan fingerprint density at radius 2 is 1.89 bits per heavy atom. The van der Waals surface area contributed by atoms with Gasteiger partial charge in [0.2, 0.25) is 5.89 Å². The van der Waals surface area contributed by atoms with Crippen molar-refractivity contribution in [1.29, 1.82) is 0 Å². The SMILES string of the molecule is CNC1CCC(c2nc(N3CCCC3)no2)CC1. The van der Waals surface area contributed by atoms with Crippen LogP contribution in [-0.4, -0.2) is 36.3 Å². The molecule has 2 aliphatic rings. The number of aromatic nitrogens is 2. The summed E-state index contributed by atoms with van der Waals surface area (Å²) in [4.78, 5) is 6.82. The van der Waals surface area contributed by atoms with E-state index in [9.17, 15) is 0 Å². The van der Waals surface area contributed by atoms with E-state index in [4.69, 9.17) is 4.52 Å². The standard InChI is InChI=1S/C13H22N4O/c1-14-11-6-4-10(5-7-11)12-15-13(16-18-12)17-8-2-3-9-17/h10-11,14H,2-9H2,1H3. The van der Waals surface area contributed by atoms with E-state index < -0.39 is 0 Å². The predicted molar refractivity (Wildman–Crippen MR) is 69.8 cm³/mol. The van der Waals surface area contributed by atoms with Crippen molar-refractivity contribution in [2.75, 3.05) is 25.0 Å². The Kier molecular flexibility index (Phi) is 3.50. The lowest BCUT2D eigenvalue weighted by atomic mass is 9.86. The molecule has 0 bridgehead atoms. The summed E-state index contributed by atoms with van der Waals surface area (Å²) >= 11 is 0. The van der Waals surface area contributed by atoms with E-state index in [-0.39, 0.29) is 0 Å². The van der Waals surface area contributed by atoms with Gasteiger partial charge in [0.25, 0.3) is 5.95 Å². The van der Waals surface area contributed by atoms with E-state index in [1.54, 1.807) is 0 Å². The van der Waals surface area contributed by atoms with Crippen LogP contribution in [0.2, 0.25) is 0 Å². The fourth-order valence-electron chi connectivity index (χ4n) is 3.07. The molecule has 2 fully saturated rings. The first kappa shape index (κ1) is 12.0. The average Bonchev–Trinajstić information content (AvgIpc) is 3.09. The Morgan fingerprint density at radius 3 is 2.56 bits per heavy atom. The second-order valence-corrected chi connectivity index (χ2v) is 5.46. The Hall–Kier alpha value is -1.10. The zero-order valence-corrected chi connectivity index (χ0v) is 11.1. The summed E-state index contributed by atoms with van der Waals surface area (Å²) in [7, 11) is 2.04. The first-order valence-corrected chi connectivity index (χ1v) is 7.12. The van der Waals surface area contributed by atoms with Crippen LogP contribution in [0, 0.1) is 0 Å². The van der Waals surface area contributed by atoms with Gasteiger partial charge in [0.1, 0.15) is 0 Å². The Labute approximate surface area is 108 Å². The van der Waals surface area contributed by atoms with Gasteiger partial charge in [0.15, 0.2) is 0 Å². The van der Waals surface area contributed by atoms with Crippen LogP contribution in [0.4, 0.5) is 5.95 Å². The van der Waals surface area contributed by atoms with E-state index in [1.807, 2.05) is 7.05 Å². The van der Waals surface area contributed by atoms with Crippen LogP contribution >= 0.6 is 0 Å². The number of rotatable bonds is 3. The molecule has 3 rings (SSSR count). The van der Waals surface area contributed by atoms with Gasteiger partial charge in [-0.05, 0) is 50.7 Å². The maximum Gasteiger partial charge on any atom is 0.266 e. The highest BCUT2D eigenvalue weighted by Crippen LogP contribution is 2.32. The van der Waals surface area contributed by atoms with Gasteiger partial charge in [-0.25, -0.2) is 0 Å². The highest BCUT2D eigenvalue weighted by molar-refractivity contribution is 5.29. The van der Waals surface area contributed by atoms with Gasteiger partial charge in [-0.3, -0.25) is 0 Å². The van der Waals surface area contributed by atoms with Gasteiger partial charge in [-0.2, -0.15) is 4.98 Å². The zero-order chi connectivity index (χ0) is 12.4. The monoisotopic (exact) mass is 250 g/mol. The third-order valence-corrected chi connectivity index (χ3v) is 4.30. The summed E-state index contributed by atoms with van der Waals surface area (Å²) in [5, 5.41) is 7.49. The molecule has 1 N–H and O–H groups in total. The fraction of sp³-hybridized carbons (Fsp3) is 0.846. The highest BCUT2D eigenvalue weighted by Gasteiger charge is 2.27. The molecule has 0 atom stereocenters. The zero-order valence-electron chi connectivity index (χ0n) is 11.1. The van der Waals surface area contributed by atoms with Crippen LogP contribution < -0.4 is 10.2 Å². The molecule has 0 unspecified atom stereocenters. The van der Waals surface area contributed by atoms with Gasteiger partial charge in [0, 0.05) is 25.0 Å². The molecule has 5 heteroatoms. The molecule has 1 aromatic rings. The van der Waals surface area contributed by atoms with Crippen LogP contribution in [0.25, 0.3) is 0 Å². The van der Waals surface area contributed by atoms with Gasteiger partial charge in [-0.15, -0.1) is 0 Å². The van der Waals surface area contributed by atoms with Crippen LogP contribution in [0.3, 0.4) is 0 Å². The van der Waals surface area contributed by atoms with Crippen LogP contribution in [-0.2, 0) is 0 Å². The third kappa shape index (κ3) is 2.36. The normalized spacial score (nSPS) is 28.8. The van der Waals surface area contributed by atoms with Crippen molar-refractivity contribution in [1.82, 2.24) is 15.5 Å². The lowest BCUT2D eigenvalue weighted by Crippen LogP contribution is -2.29. The highest BCUT2D eigenvalue weighted by atomic mass is 16.5. The number of anilines is 1. The van der Waals surface area contributed by atoms with Crippen molar-refractivity contribution < 1.29 is 4.52 Å². The smallest absolute Gasteiger partial charge is 0.266 e. The molecule has 1 aliphatic carbocycles. The topological polar surface area (TPSA) is 54.2 Å². The van der Waals surface area contributed by atoms with Crippen molar-refractivity contribution in [3.05, 3.63) is 5.89 Å². The number of nitrogens with zero attached hydrogens (tertiary/aromatic N) is 3. The molecule has 100 valence electrons. The summed E-state index contributed by atoms with van der Waals surface area (Å²) < 4.78 is 5.46. The Morgan fingerprint density at radius 1 is 1.17 bits per heavy atom. The lowest BCUT2D eigenvalue weighted by molar-refractivity contribution is 0.288. The molecule has 0 amide bonds. The van der Waals surface area contributed by atoms with Gasteiger partial charge in [0.05, 0.1) is 0 Å².